The van der Waals surface area contributed by atoms with Crippen LogP contribution in [0.25, 0.3) is 0 Å². The summed E-state index contributed by atoms with van der Waals surface area (Å²) in [4.78, 5) is 21.3. The standard InChI is InChI=1S/C18H32O5/c1-6-15(19)22-14-12-18(4,5)10-7-9-17(2,3)11-8-13-23-16(20)21/h6H,1,7-14H2,2-5H3,(H,20,21). The van der Waals surface area contributed by atoms with E-state index < -0.39 is 6.16 Å². The van der Waals surface area contributed by atoms with Crippen LogP contribution in [0.15, 0.2) is 12.7 Å². The van der Waals surface area contributed by atoms with Gasteiger partial charge in [0.15, 0.2) is 0 Å². The molecule has 0 atom stereocenters. The molecule has 5 nitrogen and oxygen atoms in total. The van der Waals surface area contributed by atoms with Gasteiger partial charge in [0.2, 0.25) is 0 Å². The molecule has 0 fully saturated rings. The smallest absolute Gasteiger partial charge is 0.463 e. The monoisotopic (exact) mass is 328 g/mol. The Morgan fingerprint density at radius 3 is 1.96 bits per heavy atom. The highest BCUT2D eigenvalue weighted by Gasteiger charge is 2.22. The lowest BCUT2D eigenvalue weighted by Gasteiger charge is -2.28. The molecule has 134 valence electrons. The fourth-order valence-corrected chi connectivity index (χ4v) is 2.49. The third kappa shape index (κ3) is 12.7. The molecule has 0 bridgehead atoms. The third-order valence-electron chi connectivity index (χ3n) is 4.12. The van der Waals surface area contributed by atoms with E-state index in [2.05, 4.69) is 39.0 Å². The number of carbonyl (C=O) groups excluding carboxylic acids is 1. The Hall–Kier alpha value is -1.52. The zero-order chi connectivity index (χ0) is 17.9. The van der Waals surface area contributed by atoms with Gasteiger partial charge in [0, 0.05) is 6.08 Å². The summed E-state index contributed by atoms with van der Waals surface area (Å²) in [6.45, 7) is 12.8. The predicted octanol–water partition coefficient (Wildman–Crippen LogP) is 4.80. The van der Waals surface area contributed by atoms with Gasteiger partial charge in [-0.2, -0.15) is 0 Å². The predicted molar refractivity (Wildman–Crippen MR) is 90.4 cm³/mol. The lowest BCUT2D eigenvalue weighted by molar-refractivity contribution is -0.138. The fraction of sp³-hybridized carbons (Fsp3) is 0.778. The van der Waals surface area contributed by atoms with E-state index in [0.717, 1.165) is 38.5 Å². The van der Waals surface area contributed by atoms with Crippen LogP contribution in [-0.2, 0) is 14.3 Å². The van der Waals surface area contributed by atoms with Gasteiger partial charge < -0.3 is 14.6 Å². The van der Waals surface area contributed by atoms with Crippen LogP contribution in [-0.4, -0.2) is 30.4 Å². The number of carboxylic acid groups (broad SMARTS) is 1. The summed E-state index contributed by atoms with van der Waals surface area (Å²) in [5.74, 6) is -0.370. The minimum atomic E-state index is -1.21. The summed E-state index contributed by atoms with van der Waals surface area (Å²) in [6, 6.07) is 0. The first-order valence-electron chi connectivity index (χ1n) is 8.23. The summed E-state index contributed by atoms with van der Waals surface area (Å²) in [7, 11) is 0. The van der Waals surface area contributed by atoms with Crippen molar-refractivity contribution >= 4 is 12.1 Å². The summed E-state index contributed by atoms with van der Waals surface area (Å²) >= 11 is 0. The van der Waals surface area contributed by atoms with E-state index in [1.165, 1.54) is 6.08 Å². The molecule has 0 radical (unpaired) electrons. The first kappa shape index (κ1) is 21.5. The molecule has 0 rings (SSSR count). The summed E-state index contributed by atoms with van der Waals surface area (Å²) in [6.07, 6.45) is 5.74. The van der Waals surface area contributed by atoms with Crippen LogP contribution in [0.5, 0.6) is 0 Å². The number of esters is 1. The molecule has 0 aromatic heterocycles. The molecule has 0 aromatic carbocycles. The lowest BCUT2D eigenvalue weighted by atomic mass is 9.78. The third-order valence-corrected chi connectivity index (χ3v) is 4.12. The highest BCUT2D eigenvalue weighted by Crippen LogP contribution is 2.33. The van der Waals surface area contributed by atoms with Crippen LogP contribution < -0.4 is 0 Å². The maximum absolute atomic E-state index is 11.0. The highest BCUT2D eigenvalue weighted by molar-refractivity contribution is 5.81. The largest absolute Gasteiger partial charge is 0.505 e. The molecular formula is C18H32O5. The van der Waals surface area contributed by atoms with Crippen LogP contribution in [0.1, 0.15) is 66.2 Å². The Balaban J connectivity index is 3.93. The van der Waals surface area contributed by atoms with Gasteiger partial charge in [0.25, 0.3) is 0 Å². The summed E-state index contributed by atoms with van der Waals surface area (Å²) < 4.78 is 9.58. The van der Waals surface area contributed by atoms with Gasteiger partial charge in [-0.3, -0.25) is 0 Å². The van der Waals surface area contributed by atoms with Gasteiger partial charge in [-0.05, 0) is 42.9 Å². The summed E-state index contributed by atoms with van der Waals surface area (Å²) in [5.41, 5.74) is 0.303. The number of carbonyl (C=O) groups is 2. The van der Waals surface area contributed by atoms with Crippen molar-refractivity contribution in [2.24, 2.45) is 10.8 Å². The second-order valence-electron chi connectivity index (χ2n) is 7.52. The quantitative estimate of drug-likeness (QED) is 0.316. The van der Waals surface area contributed by atoms with Crippen LogP contribution in [0.4, 0.5) is 4.79 Å². The number of hydrogen-bond donors (Lipinski definition) is 1. The average Bonchev–Trinajstić information content (AvgIpc) is 2.42. The van der Waals surface area contributed by atoms with Gasteiger partial charge in [-0.1, -0.05) is 40.7 Å². The number of rotatable bonds is 12. The van der Waals surface area contributed by atoms with E-state index in [-0.39, 0.29) is 23.4 Å². The Kier molecular flexibility index (Phi) is 9.61. The van der Waals surface area contributed by atoms with Gasteiger partial charge in [-0.15, -0.1) is 0 Å². The van der Waals surface area contributed by atoms with Gasteiger partial charge in [-0.25, -0.2) is 9.59 Å². The Morgan fingerprint density at radius 2 is 1.43 bits per heavy atom. The first-order chi connectivity index (χ1) is 10.6. The second kappa shape index (κ2) is 10.3. The SMILES string of the molecule is C=CC(=O)OCCC(C)(C)CCCC(C)(C)CCCOC(=O)O. The maximum Gasteiger partial charge on any atom is 0.505 e. The molecule has 0 unspecified atom stereocenters. The minimum Gasteiger partial charge on any atom is -0.463 e. The Labute approximate surface area is 140 Å². The second-order valence-corrected chi connectivity index (χ2v) is 7.52. The lowest BCUT2D eigenvalue weighted by Crippen LogP contribution is -2.18. The number of hydrogen-bond acceptors (Lipinski definition) is 4. The molecule has 0 saturated carbocycles. The molecule has 0 saturated heterocycles. The van der Waals surface area contributed by atoms with E-state index in [4.69, 9.17) is 9.84 Å². The van der Waals surface area contributed by atoms with Crippen molar-refractivity contribution < 1.29 is 24.2 Å². The number of ether oxygens (including phenoxy) is 2. The van der Waals surface area contributed by atoms with Crippen LogP contribution in [0.3, 0.4) is 0 Å². The van der Waals surface area contributed by atoms with Gasteiger partial charge >= 0.3 is 12.1 Å². The molecule has 23 heavy (non-hydrogen) atoms. The fourth-order valence-electron chi connectivity index (χ4n) is 2.49. The normalized spacial score (nSPS) is 11.8. The molecule has 1 N–H and O–H groups in total. The van der Waals surface area contributed by atoms with Crippen molar-refractivity contribution in [3.8, 4) is 0 Å². The van der Waals surface area contributed by atoms with E-state index >= 15 is 0 Å². The van der Waals surface area contributed by atoms with Gasteiger partial charge in [0.05, 0.1) is 13.2 Å². The van der Waals surface area contributed by atoms with Crippen molar-refractivity contribution in [3.05, 3.63) is 12.7 Å². The molecule has 0 spiro atoms. The molecule has 5 heteroatoms. The van der Waals surface area contributed by atoms with E-state index in [0.29, 0.717) is 6.61 Å². The maximum atomic E-state index is 11.0. The van der Waals surface area contributed by atoms with Crippen LogP contribution in [0.2, 0.25) is 0 Å². The zero-order valence-corrected chi connectivity index (χ0v) is 15.0. The molecule has 0 aromatic rings. The van der Waals surface area contributed by atoms with Crippen LogP contribution in [0, 0.1) is 10.8 Å². The van der Waals surface area contributed by atoms with Crippen molar-refractivity contribution in [1.29, 1.82) is 0 Å². The van der Waals surface area contributed by atoms with Crippen molar-refractivity contribution in [1.82, 2.24) is 0 Å². The average molecular weight is 328 g/mol. The molecule has 0 heterocycles. The molecule has 0 aliphatic heterocycles. The van der Waals surface area contributed by atoms with E-state index in [1.807, 2.05) is 0 Å². The van der Waals surface area contributed by atoms with Gasteiger partial charge in [0.1, 0.15) is 0 Å². The van der Waals surface area contributed by atoms with Crippen molar-refractivity contribution in [2.45, 2.75) is 66.2 Å². The molecular weight excluding hydrogens is 296 g/mol. The Morgan fingerprint density at radius 1 is 0.913 bits per heavy atom. The first-order valence-corrected chi connectivity index (χ1v) is 8.23. The zero-order valence-electron chi connectivity index (χ0n) is 15.0. The van der Waals surface area contributed by atoms with Crippen molar-refractivity contribution in [3.63, 3.8) is 0 Å². The summed E-state index contributed by atoms with van der Waals surface area (Å²) in [5, 5.41) is 8.44. The van der Waals surface area contributed by atoms with Crippen LogP contribution >= 0.6 is 0 Å². The topological polar surface area (TPSA) is 72.8 Å². The highest BCUT2D eigenvalue weighted by atomic mass is 16.7. The van der Waals surface area contributed by atoms with E-state index in [1.54, 1.807) is 0 Å². The Bertz CT molecular complexity index is 385. The van der Waals surface area contributed by atoms with Crippen molar-refractivity contribution in [2.75, 3.05) is 13.2 Å². The molecule has 0 amide bonds. The molecule has 0 aliphatic carbocycles. The minimum absolute atomic E-state index is 0.129. The van der Waals surface area contributed by atoms with E-state index in [9.17, 15) is 9.59 Å². The molecule has 0 aliphatic rings.